The van der Waals surface area contributed by atoms with Gasteiger partial charge in [0.2, 0.25) is 0 Å². The minimum Gasteiger partial charge on any atom is -0.478 e. The molecule has 0 radical (unpaired) electrons. The highest BCUT2D eigenvalue weighted by molar-refractivity contribution is 7.92. The van der Waals surface area contributed by atoms with Gasteiger partial charge >= 0.3 is 12.1 Å². The molecule has 0 bridgehead atoms. The highest BCUT2D eigenvalue weighted by atomic mass is 35.5. The van der Waals surface area contributed by atoms with Crippen molar-refractivity contribution < 1.29 is 36.3 Å². The number of hydrogen-bond donors (Lipinski definition) is 2. The molecule has 0 aliphatic rings. The molecule has 2 N–H and O–H groups in total. The molecule has 8 nitrogen and oxygen atoms in total. The fourth-order valence-electron chi connectivity index (χ4n) is 3.09. The monoisotopic (exact) mass is 553 g/mol. The number of rotatable bonds is 8. The Balaban J connectivity index is 1.91. The molecule has 37 heavy (non-hydrogen) atoms. The third-order valence-corrected chi connectivity index (χ3v) is 7.12. The number of nitrogens with zero attached hydrogens (tertiary/aromatic N) is 2. The first kappa shape index (κ1) is 27.7. The summed E-state index contributed by atoms with van der Waals surface area (Å²) in [5, 5.41) is 12.0. The average Bonchev–Trinajstić information content (AvgIpc) is 2.83. The molecule has 0 heterocycles. The lowest BCUT2D eigenvalue weighted by Crippen LogP contribution is -2.39. The van der Waals surface area contributed by atoms with Crippen LogP contribution in [0.5, 0.6) is 0 Å². The number of anilines is 1. The molecule has 0 saturated carbocycles. The van der Waals surface area contributed by atoms with Gasteiger partial charge in [-0.25, -0.2) is 18.6 Å². The number of nitrogens with one attached hydrogen (secondary N) is 1. The normalized spacial score (nSPS) is 11.9. The molecule has 13 heteroatoms. The maximum Gasteiger partial charge on any atom is 0.417 e. The number of carbonyl (C=O) groups excluding carboxylic acids is 1. The Morgan fingerprint density at radius 2 is 1.68 bits per heavy atom. The van der Waals surface area contributed by atoms with Gasteiger partial charge in [0.1, 0.15) is 6.54 Å². The lowest BCUT2D eigenvalue weighted by molar-refractivity contribution is -0.137. The van der Waals surface area contributed by atoms with Crippen LogP contribution < -0.4 is 9.73 Å². The largest absolute Gasteiger partial charge is 0.478 e. The molecule has 0 aliphatic carbocycles. The maximum absolute atomic E-state index is 13.4. The Labute approximate surface area is 215 Å². The van der Waals surface area contributed by atoms with Gasteiger partial charge in [-0.15, -0.1) is 0 Å². The zero-order valence-corrected chi connectivity index (χ0v) is 20.6. The number of amides is 1. The van der Waals surface area contributed by atoms with Gasteiger partial charge in [0.25, 0.3) is 15.9 Å². The van der Waals surface area contributed by atoms with E-state index < -0.39 is 50.9 Å². The van der Waals surface area contributed by atoms with E-state index in [1.807, 2.05) is 0 Å². The standard InChI is InChI=1S/C24H19ClF3N3O5S/c1-15-2-9-19(10-3-15)37(35,36)31(18-8-11-21(25)20(12-18)24(26,27)28)14-22(32)30-29-13-16-4-6-17(7-5-16)23(33)34/h2-13H,14H2,1H3,(H,30,32)(H,33,34)/b29-13-. The van der Waals surface area contributed by atoms with Crippen LogP contribution in [-0.2, 0) is 21.0 Å². The van der Waals surface area contributed by atoms with Gasteiger partial charge in [-0.3, -0.25) is 9.10 Å². The third-order valence-electron chi connectivity index (χ3n) is 5.00. The molecule has 0 aliphatic heterocycles. The lowest BCUT2D eigenvalue weighted by Gasteiger charge is -2.25. The second-order valence-electron chi connectivity index (χ2n) is 7.71. The lowest BCUT2D eigenvalue weighted by atomic mass is 10.1. The first-order valence-electron chi connectivity index (χ1n) is 10.4. The van der Waals surface area contributed by atoms with Crippen molar-refractivity contribution in [1.29, 1.82) is 0 Å². The molecule has 0 unspecified atom stereocenters. The number of carbonyl (C=O) groups is 2. The summed E-state index contributed by atoms with van der Waals surface area (Å²) in [6.45, 7) is 0.827. The first-order valence-corrected chi connectivity index (χ1v) is 12.2. The highest BCUT2D eigenvalue weighted by Crippen LogP contribution is 2.38. The van der Waals surface area contributed by atoms with Crippen molar-refractivity contribution in [3.8, 4) is 0 Å². The minimum atomic E-state index is -4.87. The van der Waals surface area contributed by atoms with Gasteiger partial charge in [-0.1, -0.05) is 41.4 Å². The van der Waals surface area contributed by atoms with Crippen molar-refractivity contribution in [2.75, 3.05) is 10.8 Å². The second-order valence-corrected chi connectivity index (χ2v) is 9.98. The number of halogens is 4. The molecule has 194 valence electrons. The molecule has 3 rings (SSSR count). The molecule has 0 saturated heterocycles. The number of alkyl halides is 3. The van der Waals surface area contributed by atoms with E-state index in [1.54, 1.807) is 6.92 Å². The number of carboxylic acids is 1. The van der Waals surface area contributed by atoms with Crippen molar-refractivity contribution in [2.45, 2.75) is 18.0 Å². The summed E-state index contributed by atoms with van der Waals surface area (Å²) in [7, 11) is -4.48. The van der Waals surface area contributed by atoms with Crippen molar-refractivity contribution in [1.82, 2.24) is 5.43 Å². The van der Waals surface area contributed by atoms with Crippen LogP contribution >= 0.6 is 11.6 Å². The SMILES string of the molecule is Cc1ccc(S(=O)(=O)N(CC(=O)N/N=C\c2ccc(C(=O)O)cc2)c2ccc(Cl)c(C(F)(F)F)c2)cc1. The van der Waals surface area contributed by atoms with Crippen LogP contribution in [-0.4, -0.2) is 38.2 Å². The van der Waals surface area contributed by atoms with E-state index in [1.165, 1.54) is 54.7 Å². The Hall–Kier alpha value is -3.90. The van der Waals surface area contributed by atoms with Gasteiger partial charge in [0.15, 0.2) is 0 Å². The number of hydrogen-bond acceptors (Lipinski definition) is 5. The maximum atomic E-state index is 13.4. The van der Waals surface area contributed by atoms with Gasteiger partial charge in [-0.2, -0.15) is 18.3 Å². The Kier molecular flexibility index (Phi) is 8.24. The quantitative estimate of drug-likeness (QED) is 0.309. The predicted octanol–water partition coefficient (Wildman–Crippen LogP) is 4.71. The van der Waals surface area contributed by atoms with Crippen molar-refractivity contribution in [2.24, 2.45) is 5.10 Å². The summed E-state index contributed by atoms with van der Waals surface area (Å²) in [5.74, 6) is -2.07. The highest BCUT2D eigenvalue weighted by Gasteiger charge is 2.35. The van der Waals surface area contributed by atoms with Crippen LogP contribution in [0.4, 0.5) is 18.9 Å². The molecule has 0 spiro atoms. The van der Waals surface area contributed by atoms with Gasteiger partial charge < -0.3 is 5.11 Å². The molecule has 0 atom stereocenters. The molecule has 0 fully saturated rings. The summed E-state index contributed by atoms with van der Waals surface area (Å²) in [5.41, 5.74) is 1.65. The topological polar surface area (TPSA) is 116 Å². The summed E-state index contributed by atoms with van der Waals surface area (Å²) in [4.78, 5) is 23.3. The number of aromatic carboxylic acids is 1. The van der Waals surface area contributed by atoms with E-state index in [2.05, 4.69) is 10.5 Å². The van der Waals surface area contributed by atoms with Gasteiger partial charge in [0, 0.05) is 0 Å². The molecular formula is C24H19ClF3N3O5S. The van der Waals surface area contributed by atoms with E-state index in [4.69, 9.17) is 16.7 Å². The molecule has 3 aromatic carbocycles. The molecule has 1 amide bonds. The van der Waals surface area contributed by atoms with Crippen LogP contribution in [0, 0.1) is 6.92 Å². The van der Waals surface area contributed by atoms with Crippen molar-refractivity contribution in [3.63, 3.8) is 0 Å². The van der Waals surface area contributed by atoms with E-state index in [-0.39, 0.29) is 10.5 Å². The number of carboxylic acid groups (broad SMARTS) is 1. The van der Waals surface area contributed by atoms with E-state index in [9.17, 15) is 31.2 Å². The van der Waals surface area contributed by atoms with Crippen molar-refractivity contribution in [3.05, 3.63) is 94.0 Å². The zero-order valence-electron chi connectivity index (χ0n) is 19.0. The Bertz CT molecular complexity index is 1440. The molecule has 0 aromatic heterocycles. The number of aryl methyl sites for hydroxylation is 1. The summed E-state index contributed by atoms with van der Waals surface area (Å²) in [6, 6.07) is 13.6. The van der Waals surface area contributed by atoms with Gasteiger partial charge in [0.05, 0.1) is 32.9 Å². The first-order chi connectivity index (χ1) is 17.3. The predicted molar refractivity (Wildman–Crippen MR) is 131 cm³/mol. The fourth-order valence-corrected chi connectivity index (χ4v) is 4.73. The van der Waals surface area contributed by atoms with Crippen molar-refractivity contribution >= 4 is 45.4 Å². The molecular weight excluding hydrogens is 535 g/mol. The summed E-state index contributed by atoms with van der Waals surface area (Å²) in [6.07, 6.45) is -3.68. The fraction of sp³-hybridized carbons (Fsp3) is 0.125. The molecule has 3 aromatic rings. The van der Waals surface area contributed by atoms with Crippen LogP contribution in [0.1, 0.15) is 27.0 Å². The van der Waals surface area contributed by atoms with Crippen LogP contribution in [0.15, 0.2) is 76.7 Å². The third kappa shape index (κ3) is 6.86. The number of sulfonamides is 1. The zero-order chi connectivity index (χ0) is 27.4. The minimum absolute atomic E-state index is 0.0410. The number of hydrazone groups is 1. The second kappa shape index (κ2) is 11.0. The van der Waals surface area contributed by atoms with Gasteiger partial charge in [-0.05, 0) is 55.0 Å². The average molecular weight is 554 g/mol. The smallest absolute Gasteiger partial charge is 0.417 e. The number of benzene rings is 3. The van der Waals surface area contributed by atoms with E-state index in [0.717, 1.165) is 17.7 Å². The van der Waals surface area contributed by atoms with E-state index >= 15 is 0 Å². The Morgan fingerprint density at radius 3 is 2.24 bits per heavy atom. The van der Waals surface area contributed by atoms with Crippen LogP contribution in [0.25, 0.3) is 0 Å². The van der Waals surface area contributed by atoms with E-state index in [0.29, 0.717) is 15.9 Å². The Morgan fingerprint density at radius 1 is 1.05 bits per heavy atom. The summed E-state index contributed by atoms with van der Waals surface area (Å²) >= 11 is 5.67. The van der Waals surface area contributed by atoms with Crippen LogP contribution in [0.3, 0.4) is 0 Å². The van der Waals surface area contributed by atoms with Crippen LogP contribution in [0.2, 0.25) is 5.02 Å². The summed E-state index contributed by atoms with van der Waals surface area (Å²) < 4.78 is 67.5.